The van der Waals surface area contributed by atoms with E-state index in [1.807, 2.05) is 18.2 Å². The lowest BCUT2D eigenvalue weighted by Crippen LogP contribution is -2.17. The molecular weight excluding hydrogens is 272 g/mol. The lowest BCUT2D eigenvalue weighted by Gasteiger charge is -2.01. The van der Waals surface area contributed by atoms with E-state index in [1.54, 1.807) is 30.5 Å². The molecule has 3 nitrogen and oxygen atoms in total. The monoisotopic (exact) mass is 286 g/mol. The Morgan fingerprint density at radius 2 is 1.80 bits per heavy atom. The molecular formula is C16H15ClN2O. The van der Waals surface area contributed by atoms with Gasteiger partial charge in [0.25, 0.3) is 5.91 Å². The van der Waals surface area contributed by atoms with Gasteiger partial charge in [-0.05, 0) is 30.5 Å². The van der Waals surface area contributed by atoms with Gasteiger partial charge in [-0.2, -0.15) is 5.10 Å². The summed E-state index contributed by atoms with van der Waals surface area (Å²) < 4.78 is 0. The van der Waals surface area contributed by atoms with Gasteiger partial charge in [0.05, 0.1) is 10.6 Å². The molecule has 0 aliphatic rings. The maximum Gasteiger partial charge on any atom is 0.272 e. The SMILES string of the molecule is O=C(N/N=C/CCc1ccccc1)c1ccccc1Cl. The van der Waals surface area contributed by atoms with Gasteiger partial charge in [-0.15, -0.1) is 0 Å². The fraction of sp³-hybridized carbons (Fsp3) is 0.125. The summed E-state index contributed by atoms with van der Waals surface area (Å²) in [4.78, 5) is 11.8. The molecule has 0 spiro atoms. The summed E-state index contributed by atoms with van der Waals surface area (Å²) in [7, 11) is 0. The first kappa shape index (κ1) is 14.3. The molecule has 20 heavy (non-hydrogen) atoms. The highest BCUT2D eigenvalue weighted by atomic mass is 35.5. The number of aryl methyl sites for hydroxylation is 1. The minimum atomic E-state index is -0.299. The van der Waals surface area contributed by atoms with E-state index in [2.05, 4.69) is 22.7 Å². The van der Waals surface area contributed by atoms with Crippen LogP contribution in [0.15, 0.2) is 59.7 Å². The zero-order valence-corrected chi connectivity index (χ0v) is 11.7. The number of hydrogen-bond acceptors (Lipinski definition) is 2. The number of nitrogens with zero attached hydrogens (tertiary/aromatic N) is 1. The number of hydrogen-bond donors (Lipinski definition) is 1. The molecule has 1 N–H and O–H groups in total. The third kappa shape index (κ3) is 4.21. The molecule has 0 saturated heterocycles. The third-order valence-electron chi connectivity index (χ3n) is 2.78. The zero-order valence-electron chi connectivity index (χ0n) is 10.9. The van der Waals surface area contributed by atoms with Gasteiger partial charge in [0.15, 0.2) is 0 Å². The lowest BCUT2D eigenvalue weighted by molar-refractivity contribution is 0.0955. The summed E-state index contributed by atoms with van der Waals surface area (Å²) in [6.07, 6.45) is 3.36. The topological polar surface area (TPSA) is 41.5 Å². The molecule has 2 aromatic carbocycles. The number of halogens is 1. The van der Waals surface area contributed by atoms with Crippen molar-refractivity contribution in [2.24, 2.45) is 5.10 Å². The Bertz CT molecular complexity index is 596. The van der Waals surface area contributed by atoms with E-state index in [4.69, 9.17) is 11.6 Å². The van der Waals surface area contributed by atoms with Crippen LogP contribution in [-0.2, 0) is 6.42 Å². The molecule has 0 fully saturated rings. The molecule has 0 heterocycles. The number of nitrogens with one attached hydrogen (secondary N) is 1. The van der Waals surface area contributed by atoms with E-state index >= 15 is 0 Å². The van der Waals surface area contributed by atoms with Gasteiger partial charge in [0.2, 0.25) is 0 Å². The summed E-state index contributed by atoms with van der Waals surface area (Å²) in [5.41, 5.74) is 4.14. The van der Waals surface area contributed by atoms with E-state index in [9.17, 15) is 4.79 Å². The molecule has 0 atom stereocenters. The Morgan fingerprint density at radius 1 is 1.10 bits per heavy atom. The van der Waals surface area contributed by atoms with E-state index in [0.717, 1.165) is 12.8 Å². The van der Waals surface area contributed by atoms with Crippen molar-refractivity contribution in [1.29, 1.82) is 0 Å². The van der Waals surface area contributed by atoms with E-state index in [1.165, 1.54) is 5.56 Å². The minimum Gasteiger partial charge on any atom is -0.267 e. The lowest BCUT2D eigenvalue weighted by atomic mass is 10.1. The van der Waals surface area contributed by atoms with Gasteiger partial charge in [0, 0.05) is 6.21 Å². The van der Waals surface area contributed by atoms with Gasteiger partial charge in [-0.1, -0.05) is 54.1 Å². The predicted octanol–water partition coefficient (Wildman–Crippen LogP) is 3.69. The largest absolute Gasteiger partial charge is 0.272 e. The van der Waals surface area contributed by atoms with E-state index in [-0.39, 0.29) is 5.91 Å². The molecule has 2 aromatic rings. The maximum absolute atomic E-state index is 11.8. The van der Waals surface area contributed by atoms with Crippen LogP contribution in [0.4, 0.5) is 0 Å². The number of benzene rings is 2. The molecule has 4 heteroatoms. The Labute approximate surface area is 123 Å². The minimum absolute atomic E-state index is 0.299. The zero-order chi connectivity index (χ0) is 14.2. The molecule has 2 rings (SSSR count). The molecule has 0 aromatic heterocycles. The Hall–Kier alpha value is -2.13. The van der Waals surface area contributed by atoms with E-state index in [0.29, 0.717) is 10.6 Å². The van der Waals surface area contributed by atoms with Crippen molar-refractivity contribution in [3.8, 4) is 0 Å². The van der Waals surface area contributed by atoms with Crippen molar-refractivity contribution in [2.75, 3.05) is 0 Å². The number of hydrazone groups is 1. The van der Waals surface area contributed by atoms with Crippen LogP contribution in [0.5, 0.6) is 0 Å². The number of carbonyl (C=O) groups excluding carboxylic acids is 1. The number of amides is 1. The number of rotatable bonds is 5. The van der Waals surface area contributed by atoms with Crippen molar-refractivity contribution in [2.45, 2.75) is 12.8 Å². The second kappa shape index (κ2) is 7.46. The van der Waals surface area contributed by atoms with Crippen LogP contribution in [0.2, 0.25) is 5.02 Å². The average molecular weight is 287 g/mol. The molecule has 102 valence electrons. The van der Waals surface area contributed by atoms with Crippen LogP contribution in [0.1, 0.15) is 22.3 Å². The van der Waals surface area contributed by atoms with Gasteiger partial charge >= 0.3 is 0 Å². The Morgan fingerprint density at radius 3 is 2.55 bits per heavy atom. The van der Waals surface area contributed by atoms with Gasteiger partial charge in [0.1, 0.15) is 0 Å². The van der Waals surface area contributed by atoms with Gasteiger partial charge < -0.3 is 0 Å². The summed E-state index contributed by atoms with van der Waals surface area (Å²) in [6.45, 7) is 0. The van der Waals surface area contributed by atoms with Crippen LogP contribution in [0.3, 0.4) is 0 Å². The van der Waals surface area contributed by atoms with Crippen LogP contribution < -0.4 is 5.43 Å². The smallest absolute Gasteiger partial charge is 0.267 e. The molecule has 0 bridgehead atoms. The summed E-state index contributed by atoms with van der Waals surface area (Å²) in [5, 5.41) is 4.34. The van der Waals surface area contributed by atoms with Crippen molar-refractivity contribution < 1.29 is 4.79 Å². The quantitative estimate of drug-likeness (QED) is 0.661. The first-order valence-corrected chi connectivity index (χ1v) is 6.75. The van der Waals surface area contributed by atoms with Crippen molar-refractivity contribution in [3.63, 3.8) is 0 Å². The van der Waals surface area contributed by atoms with Crippen LogP contribution in [0, 0.1) is 0 Å². The van der Waals surface area contributed by atoms with Crippen LogP contribution >= 0.6 is 11.6 Å². The molecule has 0 unspecified atom stereocenters. The predicted molar refractivity (Wildman–Crippen MR) is 82.2 cm³/mol. The first-order valence-electron chi connectivity index (χ1n) is 6.37. The van der Waals surface area contributed by atoms with Crippen LogP contribution in [0.25, 0.3) is 0 Å². The highest BCUT2D eigenvalue weighted by Gasteiger charge is 2.07. The van der Waals surface area contributed by atoms with Crippen LogP contribution in [-0.4, -0.2) is 12.1 Å². The first-order chi connectivity index (χ1) is 9.77. The molecule has 1 amide bonds. The highest BCUT2D eigenvalue weighted by molar-refractivity contribution is 6.33. The van der Waals surface area contributed by atoms with Crippen molar-refractivity contribution >= 4 is 23.7 Å². The fourth-order valence-electron chi connectivity index (χ4n) is 1.75. The Kier molecular flexibility index (Phi) is 5.33. The molecule has 0 saturated carbocycles. The summed E-state index contributed by atoms with van der Waals surface area (Å²) in [5.74, 6) is -0.299. The van der Waals surface area contributed by atoms with Gasteiger partial charge in [-0.3, -0.25) is 4.79 Å². The molecule has 0 radical (unpaired) electrons. The normalized spacial score (nSPS) is 10.7. The van der Waals surface area contributed by atoms with Crippen molar-refractivity contribution in [3.05, 3.63) is 70.7 Å². The standard InChI is InChI=1S/C16H15ClN2O/c17-15-11-5-4-10-14(15)16(20)19-18-12-6-9-13-7-2-1-3-8-13/h1-5,7-8,10-12H,6,9H2,(H,19,20)/b18-12+. The molecule has 0 aliphatic heterocycles. The Balaban J connectivity index is 1.79. The van der Waals surface area contributed by atoms with Gasteiger partial charge in [-0.25, -0.2) is 5.43 Å². The van der Waals surface area contributed by atoms with E-state index < -0.39 is 0 Å². The second-order valence-corrected chi connectivity index (χ2v) is 4.66. The maximum atomic E-state index is 11.8. The summed E-state index contributed by atoms with van der Waals surface area (Å²) in [6, 6.07) is 17.0. The molecule has 0 aliphatic carbocycles. The fourth-order valence-corrected chi connectivity index (χ4v) is 1.97. The summed E-state index contributed by atoms with van der Waals surface area (Å²) >= 11 is 5.93. The second-order valence-electron chi connectivity index (χ2n) is 4.26. The van der Waals surface area contributed by atoms with Crippen molar-refractivity contribution in [1.82, 2.24) is 5.43 Å². The highest BCUT2D eigenvalue weighted by Crippen LogP contribution is 2.14. The third-order valence-corrected chi connectivity index (χ3v) is 3.11. The number of carbonyl (C=O) groups is 1. The average Bonchev–Trinajstić information content (AvgIpc) is 2.48.